The Morgan fingerprint density at radius 1 is 1.09 bits per heavy atom. The highest BCUT2D eigenvalue weighted by molar-refractivity contribution is 14.1. The smallest absolute Gasteiger partial charge is 0.250 e. The molecule has 1 aromatic carbocycles. The standard InChI is InChI=1S/C24H30IN5O2S/c1-23(2)13-17(14-24(3,4)30(23)25)29(6)22-27-26-21(33-22)18-8-7-15(11-19(18)31)16-9-10-28(5)20(32)12-16/h7-12,17,31H,13-14H2,1-6H3. The minimum atomic E-state index is -0.0902. The van der Waals surface area contributed by atoms with Crippen molar-refractivity contribution in [1.29, 1.82) is 0 Å². The number of aromatic nitrogens is 3. The van der Waals surface area contributed by atoms with Crippen LogP contribution in [0.15, 0.2) is 41.3 Å². The highest BCUT2D eigenvalue weighted by Crippen LogP contribution is 2.44. The quantitative estimate of drug-likeness (QED) is 0.343. The lowest BCUT2D eigenvalue weighted by atomic mass is 9.79. The molecule has 9 heteroatoms. The lowest BCUT2D eigenvalue weighted by Gasteiger charge is -2.53. The van der Waals surface area contributed by atoms with Gasteiger partial charge >= 0.3 is 0 Å². The number of halogens is 1. The zero-order valence-electron chi connectivity index (χ0n) is 19.8. The third-order valence-electron chi connectivity index (χ3n) is 6.46. The zero-order valence-corrected chi connectivity index (χ0v) is 22.8. The lowest BCUT2D eigenvalue weighted by molar-refractivity contribution is 0.0724. The van der Waals surface area contributed by atoms with Gasteiger partial charge in [-0.1, -0.05) is 17.4 Å². The van der Waals surface area contributed by atoms with Crippen LogP contribution in [-0.4, -0.2) is 47.2 Å². The third-order valence-corrected chi connectivity index (χ3v) is 10.1. The van der Waals surface area contributed by atoms with Gasteiger partial charge in [-0.3, -0.25) is 4.79 Å². The molecule has 4 rings (SSSR count). The number of benzene rings is 1. The Morgan fingerprint density at radius 2 is 1.73 bits per heavy atom. The van der Waals surface area contributed by atoms with Crippen LogP contribution >= 0.6 is 34.2 Å². The molecular formula is C24H30IN5O2S. The summed E-state index contributed by atoms with van der Waals surface area (Å²) in [6, 6.07) is 9.19. The van der Waals surface area contributed by atoms with Gasteiger partial charge in [0, 0.05) is 66.3 Å². The summed E-state index contributed by atoms with van der Waals surface area (Å²) in [4.78, 5) is 14.2. The van der Waals surface area contributed by atoms with Crippen molar-refractivity contribution in [3.05, 3.63) is 46.9 Å². The Hall–Kier alpha value is -1.98. The summed E-state index contributed by atoms with van der Waals surface area (Å²) in [5.41, 5.74) is 2.24. The molecular weight excluding hydrogens is 549 g/mol. The maximum atomic E-state index is 12.0. The maximum Gasteiger partial charge on any atom is 0.250 e. The van der Waals surface area contributed by atoms with Gasteiger partial charge < -0.3 is 14.6 Å². The third kappa shape index (κ3) is 4.67. The first-order valence-electron chi connectivity index (χ1n) is 10.9. The number of hydrogen-bond acceptors (Lipinski definition) is 7. The maximum absolute atomic E-state index is 12.0. The van der Waals surface area contributed by atoms with E-state index in [2.05, 4.69) is 75.8 Å². The second-order valence-corrected chi connectivity index (χ2v) is 12.0. The minimum absolute atomic E-state index is 0.0707. The van der Waals surface area contributed by atoms with Crippen molar-refractivity contribution < 1.29 is 5.11 Å². The molecule has 1 aliphatic heterocycles. The van der Waals surface area contributed by atoms with Crippen LogP contribution in [0.25, 0.3) is 21.7 Å². The van der Waals surface area contributed by atoms with Crippen LogP contribution in [0.3, 0.4) is 0 Å². The topological polar surface area (TPSA) is 74.5 Å². The van der Waals surface area contributed by atoms with Gasteiger partial charge in [0.1, 0.15) is 5.75 Å². The van der Waals surface area contributed by atoms with Crippen LogP contribution in [0.4, 0.5) is 5.13 Å². The fourth-order valence-corrected chi connectivity index (χ4v) is 6.03. The summed E-state index contributed by atoms with van der Waals surface area (Å²) in [6.45, 7) is 9.15. The number of anilines is 1. The molecule has 0 saturated carbocycles. The largest absolute Gasteiger partial charge is 0.507 e. The molecule has 0 bridgehead atoms. The Bertz CT molecular complexity index is 1220. The van der Waals surface area contributed by atoms with Crippen molar-refractivity contribution in [2.24, 2.45) is 7.05 Å². The fourth-order valence-electron chi connectivity index (χ4n) is 4.72. The number of aryl methyl sites for hydroxylation is 1. The summed E-state index contributed by atoms with van der Waals surface area (Å²) in [5.74, 6) is 0.124. The molecule has 7 nitrogen and oxygen atoms in total. The molecule has 176 valence electrons. The van der Waals surface area contributed by atoms with Crippen LogP contribution in [0.1, 0.15) is 40.5 Å². The molecule has 1 saturated heterocycles. The molecule has 1 N–H and O–H groups in total. The van der Waals surface area contributed by atoms with Crippen LogP contribution in [0.2, 0.25) is 0 Å². The van der Waals surface area contributed by atoms with E-state index in [1.54, 1.807) is 25.4 Å². The summed E-state index contributed by atoms with van der Waals surface area (Å²) < 4.78 is 3.96. The summed E-state index contributed by atoms with van der Waals surface area (Å²) >= 11 is 3.94. The number of nitrogens with zero attached hydrogens (tertiary/aromatic N) is 5. The molecule has 1 fully saturated rings. The summed E-state index contributed by atoms with van der Waals surface area (Å²) in [5, 5.41) is 21.1. The number of rotatable bonds is 4. The van der Waals surface area contributed by atoms with E-state index >= 15 is 0 Å². The van der Waals surface area contributed by atoms with Gasteiger partial charge in [0.15, 0.2) is 5.01 Å². The molecule has 0 unspecified atom stereocenters. The first-order valence-corrected chi connectivity index (χ1v) is 12.7. The van der Waals surface area contributed by atoms with E-state index in [-0.39, 0.29) is 22.4 Å². The number of piperidine rings is 1. The zero-order chi connectivity index (χ0) is 24.1. The average Bonchev–Trinajstić information content (AvgIpc) is 3.22. The predicted octanol–water partition coefficient (Wildman–Crippen LogP) is 5.08. The Kier molecular flexibility index (Phi) is 6.34. The molecule has 3 aromatic rings. The number of pyridine rings is 1. The van der Waals surface area contributed by atoms with E-state index in [1.807, 2.05) is 18.2 Å². The predicted molar refractivity (Wildman–Crippen MR) is 143 cm³/mol. The van der Waals surface area contributed by atoms with E-state index in [1.165, 1.54) is 15.9 Å². The van der Waals surface area contributed by atoms with Crippen molar-refractivity contribution in [2.45, 2.75) is 57.7 Å². The van der Waals surface area contributed by atoms with Gasteiger partial charge in [-0.05, 0) is 69.9 Å². The Morgan fingerprint density at radius 3 is 2.33 bits per heavy atom. The number of hydrogen-bond donors (Lipinski definition) is 1. The second-order valence-electron chi connectivity index (χ2n) is 10.1. The lowest BCUT2D eigenvalue weighted by Crippen LogP contribution is -2.59. The molecule has 1 aliphatic rings. The van der Waals surface area contributed by atoms with Crippen molar-refractivity contribution in [3.8, 4) is 27.4 Å². The van der Waals surface area contributed by atoms with Crippen LogP contribution < -0.4 is 10.5 Å². The SMILES string of the molecule is CN(c1nnc(-c2ccc(-c3ccn(C)c(=O)c3)cc2O)s1)C1CC(C)(C)N(I)C(C)(C)C1. The van der Waals surface area contributed by atoms with Crippen molar-refractivity contribution in [3.63, 3.8) is 0 Å². The summed E-state index contributed by atoms with van der Waals surface area (Å²) in [6.07, 6.45) is 3.78. The Labute approximate surface area is 212 Å². The van der Waals surface area contributed by atoms with E-state index in [4.69, 9.17) is 0 Å². The number of phenols is 1. The number of aromatic hydroxyl groups is 1. The molecule has 0 atom stereocenters. The summed E-state index contributed by atoms with van der Waals surface area (Å²) in [7, 11) is 3.80. The first kappa shape index (κ1) is 24.2. The van der Waals surface area contributed by atoms with Gasteiger partial charge in [-0.25, -0.2) is 3.11 Å². The van der Waals surface area contributed by atoms with Crippen LogP contribution in [0, 0.1) is 0 Å². The van der Waals surface area contributed by atoms with E-state index in [9.17, 15) is 9.90 Å². The fraction of sp³-hybridized carbons (Fsp3) is 0.458. The molecule has 33 heavy (non-hydrogen) atoms. The highest BCUT2D eigenvalue weighted by atomic mass is 127. The van der Waals surface area contributed by atoms with Gasteiger partial charge in [0.05, 0.1) is 5.56 Å². The molecule has 0 aliphatic carbocycles. The van der Waals surface area contributed by atoms with Gasteiger partial charge in [0.25, 0.3) is 5.56 Å². The van der Waals surface area contributed by atoms with Crippen molar-refractivity contribution >= 4 is 39.3 Å². The molecule has 0 spiro atoms. The van der Waals surface area contributed by atoms with E-state index in [0.717, 1.165) is 29.1 Å². The van der Waals surface area contributed by atoms with Crippen molar-refractivity contribution in [2.75, 3.05) is 11.9 Å². The van der Waals surface area contributed by atoms with E-state index < -0.39 is 0 Å². The Balaban J connectivity index is 1.58. The van der Waals surface area contributed by atoms with Crippen LogP contribution in [-0.2, 0) is 7.05 Å². The normalized spacial score (nSPS) is 18.4. The molecule has 0 radical (unpaired) electrons. The van der Waals surface area contributed by atoms with Crippen molar-refractivity contribution in [1.82, 2.24) is 17.9 Å². The monoisotopic (exact) mass is 579 g/mol. The van der Waals surface area contributed by atoms with Crippen LogP contribution in [0.5, 0.6) is 5.75 Å². The minimum Gasteiger partial charge on any atom is -0.507 e. The molecule has 0 amide bonds. The van der Waals surface area contributed by atoms with Gasteiger partial charge in [0.2, 0.25) is 5.13 Å². The second kappa shape index (κ2) is 8.66. The van der Waals surface area contributed by atoms with Gasteiger partial charge in [-0.2, -0.15) is 0 Å². The molecule has 3 heterocycles. The molecule has 2 aromatic heterocycles. The van der Waals surface area contributed by atoms with E-state index in [0.29, 0.717) is 16.6 Å². The average molecular weight is 580 g/mol. The first-order chi connectivity index (χ1) is 15.4. The number of phenolic OH excluding ortho intramolecular Hbond substituents is 1. The highest BCUT2D eigenvalue weighted by Gasteiger charge is 2.45. The van der Waals surface area contributed by atoms with Gasteiger partial charge in [-0.15, -0.1) is 10.2 Å².